The molecule has 0 aliphatic carbocycles. The fourth-order valence-corrected chi connectivity index (χ4v) is 3.53. The van der Waals surface area contributed by atoms with Gasteiger partial charge >= 0.3 is 0 Å². The summed E-state index contributed by atoms with van der Waals surface area (Å²) >= 11 is 11.9. The van der Waals surface area contributed by atoms with Crippen LogP contribution in [0.4, 0.5) is 11.4 Å². The molecule has 0 spiro atoms. The van der Waals surface area contributed by atoms with Crippen LogP contribution in [0.25, 0.3) is 0 Å². The number of halogens is 2. The predicted molar refractivity (Wildman–Crippen MR) is 117 cm³/mol. The lowest BCUT2D eigenvalue weighted by atomic mass is 10.2. The number of carbonyl (C=O) groups excluding carboxylic acids is 1. The monoisotopic (exact) mass is 452 g/mol. The zero-order chi connectivity index (χ0) is 21.5. The highest BCUT2D eigenvalue weighted by molar-refractivity contribution is 6.32. The van der Waals surface area contributed by atoms with Gasteiger partial charge in [-0.1, -0.05) is 35.3 Å². The Morgan fingerprint density at radius 1 is 1.07 bits per heavy atom. The molecule has 2 aromatic rings. The Kier molecular flexibility index (Phi) is 7.87. The van der Waals surface area contributed by atoms with Crippen molar-refractivity contribution in [2.24, 2.45) is 0 Å². The third-order valence-electron chi connectivity index (χ3n) is 4.76. The van der Waals surface area contributed by atoms with Crippen molar-refractivity contribution in [3.8, 4) is 5.75 Å². The second-order valence-corrected chi connectivity index (χ2v) is 7.68. The molecule has 0 unspecified atom stereocenters. The number of amides is 1. The van der Waals surface area contributed by atoms with Gasteiger partial charge in [-0.05, 0) is 24.3 Å². The second kappa shape index (κ2) is 10.6. The summed E-state index contributed by atoms with van der Waals surface area (Å²) < 4.78 is 5.72. The maximum absolute atomic E-state index is 12.3. The van der Waals surface area contributed by atoms with E-state index in [0.717, 1.165) is 32.7 Å². The molecular weight excluding hydrogens is 431 g/mol. The third kappa shape index (κ3) is 6.30. The summed E-state index contributed by atoms with van der Waals surface area (Å²) in [6, 6.07) is 11.6. The van der Waals surface area contributed by atoms with Gasteiger partial charge in [0.15, 0.2) is 0 Å². The molecule has 160 valence electrons. The van der Waals surface area contributed by atoms with Crippen LogP contribution in [-0.4, -0.2) is 66.5 Å². The summed E-state index contributed by atoms with van der Waals surface area (Å²) in [4.78, 5) is 27.0. The molecule has 8 nitrogen and oxygen atoms in total. The van der Waals surface area contributed by atoms with E-state index in [2.05, 4.69) is 10.2 Å². The molecule has 1 amide bonds. The summed E-state index contributed by atoms with van der Waals surface area (Å²) in [5.74, 6) is 0.457. The Morgan fingerprint density at radius 2 is 1.77 bits per heavy atom. The van der Waals surface area contributed by atoms with Crippen molar-refractivity contribution >= 4 is 40.5 Å². The quantitative estimate of drug-likeness (QED) is 0.486. The lowest BCUT2D eigenvalue weighted by Gasteiger charge is -2.34. The van der Waals surface area contributed by atoms with Gasteiger partial charge in [-0.25, -0.2) is 0 Å². The number of carbonyl (C=O) groups is 1. The SMILES string of the molecule is O=C(CN1CCN(CCOc2ccccc2Cl)CC1)Nc1ccc(Cl)c([N+](=O)[O-])c1. The minimum absolute atomic E-state index is 0.0348. The van der Waals surface area contributed by atoms with E-state index >= 15 is 0 Å². The molecule has 0 radical (unpaired) electrons. The van der Waals surface area contributed by atoms with Crippen LogP contribution in [0.3, 0.4) is 0 Å². The number of nitrogens with one attached hydrogen (secondary N) is 1. The minimum atomic E-state index is -0.577. The van der Waals surface area contributed by atoms with Crippen LogP contribution in [0.1, 0.15) is 0 Å². The highest BCUT2D eigenvalue weighted by Gasteiger charge is 2.20. The number of para-hydroxylation sites is 1. The van der Waals surface area contributed by atoms with Gasteiger partial charge < -0.3 is 10.1 Å². The predicted octanol–water partition coefficient (Wildman–Crippen LogP) is 3.54. The first-order chi connectivity index (χ1) is 14.4. The molecule has 1 saturated heterocycles. The number of hydrogen-bond acceptors (Lipinski definition) is 6. The summed E-state index contributed by atoms with van der Waals surface area (Å²) in [6.07, 6.45) is 0. The van der Waals surface area contributed by atoms with Gasteiger partial charge in [0.05, 0.1) is 16.5 Å². The van der Waals surface area contributed by atoms with Crippen LogP contribution in [0, 0.1) is 10.1 Å². The highest BCUT2D eigenvalue weighted by Crippen LogP contribution is 2.27. The van der Waals surface area contributed by atoms with Gasteiger partial charge in [-0.15, -0.1) is 0 Å². The molecule has 2 aromatic carbocycles. The molecule has 1 aliphatic heterocycles. The number of ether oxygens (including phenoxy) is 1. The minimum Gasteiger partial charge on any atom is -0.491 e. The summed E-state index contributed by atoms with van der Waals surface area (Å²) in [5, 5.41) is 14.3. The second-order valence-electron chi connectivity index (χ2n) is 6.87. The Hall–Kier alpha value is -2.39. The van der Waals surface area contributed by atoms with Crippen molar-refractivity contribution < 1.29 is 14.5 Å². The van der Waals surface area contributed by atoms with E-state index in [1.165, 1.54) is 12.1 Å². The maximum Gasteiger partial charge on any atom is 0.289 e. The normalized spacial score (nSPS) is 15.0. The van der Waals surface area contributed by atoms with Crippen molar-refractivity contribution in [2.45, 2.75) is 0 Å². The lowest BCUT2D eigenvalue weighted by Crippen LogP contribution is -2.49. The average molecular weight is 453 g/mol. The number of rotatable bonds is 8. The molecule has 1 N–H and O–H groups in total. The standard InChI is InChI=1S/C20H22Cl2N4O4/c21-16-6-5-15(13-18(16)26(28)29)23-20(27)14-25-9-7-24(8-10-25)11-12-30-19-4-2-1-3-17(19)22/h1-6,13H,7-12,14H2,(H,23,27). The number of anilines is 1. The van der Waals surface area contributed by atoms with Crippen LogP contribution >= 0.6 is 23.2 Å². The number of piperazine rings is 1. The maximum atomic E-state index is 12.3. The van der Waals surface area contributed by atoms with Crippen LogP contribution in [0.5, 0.6) is 5.75 Å². The van der Waals surface area contributed by atoms with E-state index in [4.69, 9.17) is 27.9 Å². The molecule has 1 fully saturated rings. The molecule has 1 aliphatic rings. The first kappa shape index (κ1) is 22.3. The van der Waals surface area contributed by atoms with Crippen LogP contribution < -0.4 is 10.1 Å². The van der Waals surface area contributed by atoms with Gasteiger partial charge in [-0.3, -0.25) is 24.7 Å². The van der Waals surface area contributed by atoms with E-state index < -0.39 is 4.92 Å². The zero-order valence-electron chi connectivity index (χ0n) is 16.2. The van der Waals surface area contributed by atoms with Gasteiger partial charge in [0, 0.05) is 44.5 Å². The van der Waals surface area contributed by atoms with E-state index in [9.17, 15) is 14.9 Å². The van der Waals surface area contributed by atoms with E-state index in [1.54, 1.807) is 12.1 Å². The van der Waals surface area contributed by atoms with Gasteiger partial charge in [0.1, 0.15) is 17.4 Å². The fourth-order valence-electron chi connectivity index (χ4n) is 3.15. The van der Waals surface area contributed by atoms with Crippen molar-refractivity contribution in [1.82, 2.24) is 9.80 Å². The first-order valence-corrected chi connectivity index (χ1v) is 10.2. The number of hydrogen-bond donors (Lipinski definition) is 1. The Morgan fingerprint density at radius 3 is 2.47 bits per heavy atom. The Labute approximate surface area is 184 Å². The molecule has 30 heavy (non-hydrogen) atoms. The molecule has 10 heteroatoms. The zero-order valence-corrected chi connectivity index (χ0v) is 17.7. The average Bonchev–Trinajstić information content (AvgIpc) is 2.72. The molecule has 1 heterocycles. The third-order valence-corrected chi connectivity index (χ3v) is 5.39. The van der Waals surface area contributed by atoms with E-state index in [-0.39, 0.29) is 23.2 Å². The number of nitro groups is 1. The summed E-state index contributed by atoms with van der Waals surface area (Å²) in [5.41, 5.74) is 0.119. The largest absolute Gasteiger partial charge is 0.491 e. The number of nitro benzene ring substituents is 1. The smallest absolute Gasteiger partial charge is 0.289 e. The first-order valence-electron chi connectivity index (χ1n) is 9.48. The van der Waals surface area contributed by atoms with Crippen LogP contribution in [-0.2, 0) is 4.79 Å². The topological polar surface area (TPSA) is 88.0 Å². The lowest BCUT2D eigenvalue weighted by molar-refractivity contribution is -0.384. The number of nitrogens with zero attached hydrogens (tertiary/aromatic N) is 3. The number of benzene rings is 2. The van der Waals surface area contributed by atoms with Gasteiger partial charge in [-0.2, -0.15) is 0 Å². The summed E-state index contributed by atoms with van der Waals surface area (Å²) in [6.45, 7) is 4.69. The molecule has 0 bridgehead atoms. The van der Waals surface area contributed by atoms with Crippen molar-refractivity contribution in [3.05, 3.63) is 62.6 Å². The Bertz CT molecular complexity index is 904. The fraction of sp³-hybridized carbons (Fsp3) is 0.350. The van der Waals surface area contributed by atoms with Crippen molar-refractivity contribution in [1.29, 1.82) is 0 Å². The van der Waals surface area contributed by atoms with Gasteiger partial charge in [0.2, 0.25) is 5.91 Å². The molecule has 3 rings (SSSR count). The van der Waals surface area contributed by atoms with Crippen molar-refractivity contribution in [3.63, 3.8) is 0 Å². The van der Waals surface area contributed by atoms with Crippen LogP contribution in [0.15, 0.2) is 42.5 Å². The summed E-state index contributed by atoms with van der Waals surface area (Å²) in [7, 11) is 0. The molecular formula is C20H22Cl2N4O4. The van der Waals surface area contributed by atoms with E-state index in [1.807, 2.05) is 23.1 Å². The molecule has 0 saturated carbocycles. The Balaban J connectivity index is 1.39. The molecule has 0 atom stereocenters. The van der Waals surface area contributed by atoms with Crippen LogP contribution in [0.2, 0.25) is 10.0 Å². The van der Waals surface area contributed by atoms with Crippen molar-refractivity contribution in [2.75, 3.05) is 51.2 Å². The highest BCUT2D eigenvalue weighted by atomic mass is 35.5. The van der Waals surface area contributed by atoms with Gasteiger partial charge in [0.25, 0.3) is 5.69 Å². The molecule has 0 aromatic heterocycles. The van der Waals surface area contributed by atoms with E-state index in [0.29, 0.717) is 23.1 Å².